The maximum Gasteiger partial charge on any atom is 0.132 e. The van der Waals surface area contributed by atoms with Crippen LogP contribution in [0.25, 0.3) is 0 Å². The molecular formula is C15H23NO2S. The summed E-state index contributed by atoms with van der Waals surface area (Å²) in [5.74, 6) is 3.51. The van der Waals surface area contributed by atoms with Gasteiger partial charge in [0.1, 0.15) is 11.5 Å². The molecule has 0 spiro atoms. The first-order valence-electron chi connectivity index (χ1n) is 6.89. The van der Waals surface area contributed by atoms with E-state index in [2.05, 4.69) is 24.4 Å². The van der Waals surface area contributed by atoms with Crippen molar-refractivity contribution >= 4 is 11.8 Å². The van der Waals surface area contributed by atoms with E-state index in [1.54, 1.807) is 26.0 Å². The molecule has 1 fully saturated rings. The zero-order chi connectivity index (χ0) is 13.7. The number of hydrogen-bond acceptors (Lipinski definition) is 4. The van der Waals surface area contributed by atoms with Crippen LogP contribution >= 0.6 is 11.8 Å². The highest BCUT2D eigenvalue weighted by molar-refractivity contribution is 7.99. The lowest BCUT2D eigenvalue weighted by atomic mass is 9.91. The van der Waals surface area contributed by atoms with Crippen LogP contribution in [0, 0.1) is 0 Å². The van der Waals surface area contributed by atoms with Gasteiger partial charge in [-0.25, -0.2) is 0 Å². The summed E-state index contributed by atoms with van der Waals surface area (Å²) in [5, 5.41) is 3.46. The van der Waals surface area contributed by atoms with E-state index in [1.165, 1.54) is 18.4 Å². The standard InChI is InChI=1S/C15H23NO2S/c1-4-19-15-9-13(17-2)12(8-14(15)18-3)11-6-5-7-16-10-11/h8-9,11,16H,4-7,10H2,1-3H3/t11-/m1/s1. The molecule has 0 radical (unpaired) electrons. The van der Waals surface area contributed by atoms with Crippen LogP contribution in [0.3, 0.4) is 0 Å². The van der Waals surface area contributed by atoms with Crippen LogP contribution in [0.2, 0.25) is 0 Å². The van der Waals surface area contributed by atoms with Crippen LogP contribution in [0.4, 0.5) is 0 Å². The molecule has 0 aromatic heterocycles. The highest BCUT2D eigenvalue weighted by Crippen LogP contribution is 2.40. The predicted molar refractivity (Wildman–Crippen MR) is 80.8 cm³/mol. The molecule has 0 saturated carbocycles. The van der Waals surface area contributed by atoms with Gasteiger partial charge in [-0.3, -0.25) is 0 Å². The van der Waals surface area contributed by atoms with Gasteiger partial charge in [-0.05, 0) is 37.3 Å². The van der Waals surface area contributed by atoms with Gasteiger partial charge in [-0.2, -0.15) is 0 Å². The number of rotatable bonds is 5. The fourth-order valence-electron chi connectivity index (χ4n) is 2.60. The quantitative estimate of drug-likeness (QED) is 0.839. The number of hydrogen-bond donors (Lipinski definition) is 1. The van der Waals surface area contributed by atoms with Crippen LogP contribution in [0.15, 0.2) is 17.0 Å². The van der Waals surface area contributed by atoms with Gasteiger partial charge < -0.3 is 14.8 Å². The normalized spacial score (nSPS) is 19.2. The van der Waals surface area contributed by atoms with E-state index in [0.717, 1.165) is 35.2 Å². The Balaban J connectivity index is 2.35. The Labute approximate surface area is 120 Å². The molecule has 1 aromatic rings. The first kappa shape index (κ1) is 14.5. The van der Waals surface area contributed by atoms with E-state index in [0.29, 0.717) is 5.92 Å². The van der Waals surface area contributed by atoms with E-state index >= 15 is 0 Å². The summed E-state index contributed by atoms with van der Waals surface area (Å²) < 4.78 is 11.1. The highest BCUT2D eigenvalue weighted by atomic mass is 32.2. The summed E-state index contributed by atoms with van der Waals surface area (Å²) >= 11 is 1.79. The maximum atomic E-state index is 5.59. The van der Waals surface area contributed by atoms with Gasteiger partial charge >= 0.3 is 0 Å². The van der Waals surface area contributed by atoms with Gasteiger partial charge in [-0.15, -0.1) is 11.8 Å². The molecule has 1 heterocycles. The van der Waals surface area contributed by atoms with E-state index < -0.39 is 0 Å². The van der Waals surface area contributed by atoms with Gasteiger partial charge in [0.2, 0.25) is 0 Å². The number of methoxy groups -OCH3 is 2. The lowest BCUT2D eigenvalue weighted by molar-refractivity contribution is 0.378. The minimum absolute atomic E-state index is 0.526. The molecule has 0 bridgehead atoms. The molecule has 1 aliphatic rings. The SMILES string of the molecule is CCSc1cc(OC)c([C@@H]2CCCNC2)cc1OC. The Hall–Kier alpha value is -0.870. The Bertz CT molecular complexity index is 417. The second-order valence-electron chi connectivity index (χ2n) is 4.72. The number of piperidine rings is 1. The van der Waals surface area contributed by atoms with Crippen LogP contribution < -0.4 is 14.8 Å². The topological polar surface area (TPSA) is 30.5 Å². The zero-order valence-electron chi connectivity index (χ0n) is 12.0. The lowest BCUT2D eigenvalue weighted by Gasteiger charge is -2.25. The van der Waals surface area contributed by atoms with Gasteiger partial charge in [0.05, 0.1) is 19.1 Å². The molecule has 0 unspecified atom stereocenters. The van der Waals surface area contributed by atoms with Crippen molar-refractivity contribution in [3.05, 3.63) is 17.7 Å². The molecule has 1 N–H and O–H groups in total. The maximum absolute atomic E-state index is 5.59. The molecule has 2 rings (SSSR count). The van der Waals surface area contributed by atoms with Crippen molar-refractivity contribution in [3.8, 4) is 11.5 Å². The van der Waals surface area contributed by atoms with Crippen molar-refractivity contribution in [2.45, 2.75) is 30.6 Å². The number of benzene rings is 1. The molecule has 19 heavy (non-hydrogen) atoms. The smallest absolute Gasteiger partial charge is 0.132 e. The summed E-state index contributed by atoms with van der Waals surface area (Å²) in [4.78, 5) is 1.16. The van der Waals surface area contributed by atoms with Crippen molar-refractivity contribution < 1.29 is 9.47 Å². The molecule has 0 amide bonds. The van der Waals surface area contributed by atoms with Gasteiger partial charge in [-0.1, -0.05) is 6.92 Å². The highest BCUT2D eigenvalue weighted by Gasteiger charge is 2.21. The van der Waals surface area contributed by atoms with Crippen LogP contribution in [0.1, 0.15) is 31.2 Å². The van der Waals surface area contributed by atoms with Crippen molar-refractivity contribution in [1.82, 2.24) is 5.32 Å². The Kier molecular flexibility index (Phi) is 5.40. The van der Waals surface area contributed by atoms with Crippen molar-refractivity contribution in [3.63, 3.8) is 0 Å². The van der Waals surface area contributed by atoms with Gasteiger partial charge in [0, 0.05) is 18.0 Å². The molecular weight excluding hydrogens is 258 g/mol. The van der Waals surface area contributed by atoms with Crippen LogP contribution in [0.5, 0.6) is 11.5 Å². The molecule has 0 aliphatic carbocycles. The molecule has 4 heteroatoms. The number of ether oxygens (including phenoxy) is 2. The zero-order valence-corrected chi connectivity index (χ0v) is 12.8. The summed E-state index contributed by atoms with van der Waals surface area (Å²) in [6.45, 7) is 4.30. The first-order chi connectivity index (χ1) is 9.30. The summed E-state index contributed by atoms with van der Waals surface area (Å²) in [6.07, 6.45) is 2.44. The van der Waals surface area contributed by atoms with E-state index in [1.807, 2.05) is 0 Å². The molecule has 1 saturated heterocycles. The number of nitrogens with one attached hydrogen (secondary N) is 1. The van der Waals surface area contributed by atoms with Crippen LogP contribution in [-0.4, -0.2) is 33.1 Å². The third kappa shape index (κ3) is 3.37. The third-order valence-electron chi connectivity index (χ3n) is 3.55. The summed E-state index contributed by atoms with van der Waals surface area (Å²) in [7, 11) is 3.49. The van der Waals surface area contributed by atoms with Gasteiger partial charge in [0.25, 0.3) is 0 Å². The third-order valence-corrected chi connectivity index (χ3v) is 4.47. The average molecular weight is 281 g/mol. The van der Waals surface area contributed by atoms with Crippen LogP contribution in [-0.2, 0) is 0 Å². The average Bonchev–Trinajstić information content (AvgIpc) is 2.48. The lowest BCUT2D eigenvalue weighted by Crippen LogP contribution is -2.28. The first-order valence-corrected chi connectivity index (χ1v) is 7.88. The molecule has 1 aliphatic heterocycles. The Morgan fingerprint density at radius 3 is 2.63 bits per heavy atom. The Morgan fingerprint density at radius 2 is 2.05 bits per heavy atom. The van der Waals surface area contributed by atoms with E-state index in [-0.39, 0.29) is 0 Å². The summed E-state index contributed by atoms with van der Waals surface area (Å²) in [5.41, 5.74) is 1.27. The second kappa shape index (κ2) is 7.06. The molecule has 106 valence electrons. The fourth-order valence-corrected chi connectivity index (χ4v) is 3.38. The van der Waals surface area contributed by atoms with E-state index in [9.17, 15) is 0 Å². The fraction of sp³-hybridized carbons (Fsp3) is 0.600. The van der Waals surface area contributed by atoms with Gasteiger partial charge in [0.15, 0.2) is 0 Å². The van der Waals surface area contributed by atoms with Crippen molar-refractivity contribution in [2.75, 3.05) is 33.1 Å². The van der Waals surface area contributed by atoms with E-state index in [4.69, 9.17) is 9.47 Å². The number of thioether (sulfide) groups is 1. The minimum Gasteiger partial charge on any atom is -0.496 e. The largest absolute Gasteiger partial charge is 0.496 e. The molecule has 1 aromatic carbocycles. The van der Waals surface area contributed by atoms with Crippen molar-refractivity contribution in [2.24, 2.45) is 0 Å². The second-order valence-corrected chi connectivity index (χ2v) is 6.03. The Morgan fingerprint density at radius 1 is 1.26 bits per heavy atom. The molecule has 3 nitrogen and oxygen atoms in total. The summed E-state index contributed by atoms with van der Waals surface area (Å²) in [6, 6.07) is 4.28. The minimum atomic E-state index is 0.526. The predicted octanol–water partition coefficient (Wildman–Crippen LogP) is 3.28. The monoisotopic (exact) mass is 281 g/mol. The molecule has 1 atom stereocenters. The van der Waals surface area contributed by atoms with Crippen molar-refractivity contribution in [1.29, 1.82) is 0 Å².